The van der Waals surface area contributed by atoms with Gasteiger partial charge < -0.3 is 14.5 Å². The van der Waals surface area contributed by atoms with Crippen molar-refractivity contribution >= 4 is 33.5 Å². The van der Waals surface area contributed by atoms with E-state index in [1.54, 1.807) is 14.2 Å². The third-order valence-electron chi connectivity index (χ3n) is 2.34. The Morgan fingerprint density at radius 2 is 1.93 bits per heavy atom. The Labute approximate surface area is 102 Å². The first-order valence-corrected chi connectivity index (χ1v) is 5.65. The second-order valence-electron chi connectivity index (χ2n) is 3.34. The van der Waals surface area contributed by atoms with Gasteiger partial charge >= 0.3 is 0 Å². The van der Waals surface area contributed by atoms with Gasteiger partial charge in [0.1, 0.15) is 0 Å². The van der Waals surface area contributed by atoms with Crippen molar-refractivity contribution in [3.8, 4) is 11.5 Å². The summed E-state index contributed by atoms with van der Waals surface area (Å²) in [6.45, 7) is 2.04. The molecule has 1 aromatic heterocycles. The van der Waals surface area contributed by atoms with Gasteiger partial charge in [0.2, 0.25) is 0 Å². The van der Waals surface area contributed by atoms with Crippen LogP contribution in [0.4, 0.5) is 0 Å². The number of rotatable bonds is 2. The Morgan fingerprint density at radius 1 is 1.20 bits per heavy atom. The first-order chi connectivity index (χ1) is 7.17. The Kier molecular flexibility index (Phi) is 2.77. The number of aryl methyl sites for hydroxylation is 1. The van der Waals surface area contributed by atoms with Gasteiger partial charge in [0.15, 0.2) is 11.5 Å². The van der Waals surface area contributed by atoms with Gasteiger partial charge in [-0.2, -0.15) is 0 Å². The average Bonchev–Trinajstić information content (AvgIpc) is 2.59. The molecule has 15 heavy (non-hydrogen) atoms. The molecule has 0 amide bonds. The molecule has 0 saturated heterocycles. The fourth-order valence-electron chi connectivity index (χ4n) is 1.68. The van der Waals surface area contributed by atoms with E-state index in [0.29, 0.717) is 0 Å². The molecular formula is C11H12INO2. The molecule has 80 valence electrons. The summed E-state index contributed by atoms with van der Waals surface area (Å²) in [6, 6.07) is 4.08. The molecule has 1 aromatic carbocycles. The maximum Gasteiger partial charge on any atom is 0.176 e. The molecule has 0 aliphatic heterocycles. The molecule has 0 bridgehead atoms. The number of H-pyrrole nitrogens is 1. The highest BCUT2D eigenvalue weighted by molar-refractivity contribution is 14.1. The van der Waals surface area contributed by atoms with Crippen molar-refractivity contribution in [2.75, 3.05) is 14.2 Å². The maximum atomic E-state index is 5.33. The van der Waals surface area contributed by atoms with Crippen molar-refractivity contribution in [3.63, 3.8) is 0 Å². The Bertz CT molecular complexity index is 505. The van der Waals surface area contributed by atoms with Crippen LogP contribution in [0.3, 0.4) is 0 Å². The van der Waals surface area contributed by atoms with Crippen LogP contribution in [0.15, 0.2) is 12.1 Å². The second-order valence-corrected chi connectivity index (χ2v) is 4.42. The normalized spacial score (nSPS) is 10.7. The van der Waals surface area contributed by atoms with E-state index in [0.717, 1.165) is 31.7 Å². The van der Waals surface area contributed by atoms with Crippen molar-refractivity contribution in [1.82, 2.24) is 4.98 Å². The Hall–Kier alpha value is -0.910. The van der Waals surface area contributed by atoms with Gasteiger partial charge in [-0.1, -0.05) is 0 Å². The second kappa shape index (κ2) is 3.92. The molecule has 0 unspecified atom stereocenters. The molecule has 3 nitrogen and oxygen atoms in total. The van der Waals surface area contributed by atoms with Crippen LogP contribution in [0.5, 0.6) is 11.5 Å². The van der Waals surface area contributed by atoms with Gasteiger partial charge in [0, 0.05) is 11.1 Å². The molecule has 0 fully saturated rings. The number of methoxy groups -OCH3 is 2. The average molecular weight is 317 g/mol. The maximum absolute atomic E-state index is 5.33. The highest BCUT2D eigenvalue weighted by atomic mass is 127. The lowest BCUT2D eigenvalue weighted by Gasteiger charge is -2.09. The van der Waals surface area contributed by atoms with E-state index >= 15 is 0 Å². The molecular weight excluding hydrogens is 305 g/mol. The number of aromatic nitrogens is 1. The third-order valence-corrected chi connectivity index (χ3v) is 3.37. The van der Waals surface area contributed by atoms with Crippen LogP contribution in [0.2, 0.25) is 0 Å². The van der Waals surface area contributed by atoms with Crippen LogP contribution in [-0.2, 0) is 0 Å². The summed E-state index contributed by atoms with van der Waals surface area (Å²) < 4.78 is 11.7. The predicted molar refractivity (Wildman–Crippen MR) is 68.9 cm³/mol. The first kappa shape index (κ1) is 10.6. The zero-order chi connectivity index (χ0) is 11.0. The van der Waals surface area contributed by atoms with Gasteiger partial charge in [0.05, 0.1) is 23.3 Å². The summed E-state index contributed by atoms with van der Waals surface area (Å²) >= 11 is 2.26. The van der Waals surface area contributed by atoms with E-state index in [9.17, 15) is 0 Å². The number of halogens is 1. The molecule has 2 rings (SSSR count). The van der Waals surface area contributed by atoms with Crippen molar-refractivity contribution in [1.29, 1.82) is 0 Å². The van der Waals surface area contributed by atoms with Gasteiger partial charge in [-0.15, -0.1) is 0 Å². The van der Waals surface area contributed by atoms with Gasteiger partial charge in [-0.05, 0) is 41.6 Å². The standard InChI is InChI=1S/C11H12INO2/c1-6-4-7-5-8(14-2)11(15-3)9(12)10(7)13-6/h4-5,13H,1-3H3. The Balaban J connectivity index is 2.80. The fraction of sp³-hybridized carbons (Fsp3) is 0.273. The predicted octanol–water partition coefficient (Wildman–Crippen LogP) is 3.10. The molecule has 0 radical (unpaired) electrons. The monoisotopic (exact) mass is 317 g/mol. The highest BCUT2D eigenvalue weighted by Crippen LogP contribution is 2.38. The molecule has 2 aromatic rings. The summed E-state index contributed by atoms with van der Waals surface area (Å²) in [7, 11) is 3.31. The van der Waals surface area contributed by atoms with Crippen LogP contribution < -0.4 is 9.47 Å². The van der Waals surface area contributed by atoms with Crippen molar-refractivity contribution < 1.29 is 9.47 Å². The minimum absolute atomic E-state index is 0.772. The number of ether oxygens (including phenoxy) is 2. The van der Waals surface area contributed by atoms with E-state index in [-0.39, 0.29) is 0 Å². The molecule has 1 heterocycles. The third kappa shape index (κ3) is 1.67. The summed E-state index contributed by atoms with van der Waals surface area (Å²) in [6.07, 6.45) is 0. The number of hydrogen-bond acceptors (Lipinski definition) is 2. The molecule has 0 aliphatic carbocycles. The number of fused-ring (bicyclic) bond motifs is 1. The van der Waals surface area contributed by atoms with Crippen molar-refractivity contribution in [2.24, 2.45) is 0 Å². The van der Waals surface area contributed by atoms with Gasteiger partial charge in [0.25, 0.3) is 0 Å². The van der Waals surface area contributed by atoms with Crippen LogP contribution in [0.25, 0.3) is 10.9 Å². The smallest absolute Gasteiger partial charge is 0.176 e. The quantitative estimate of drug-likeness (QED) is 0.864. The number of hydrogen-bond donors (Lipinski definition) is 1. The minimum atomic E-state index is 0.772. The van der Waals surface area contributed by atoms with Crippen molar-refractivity contribution in [2.45, 2.75) is 6.92 Å². The minimum Gasteiger partial charge on any atom is -0.493 e. The van der Waals surface area contributed by atoms with Crippen molar-refractivity contribution in [3.05, 3.63) is 21.4 Å². The number of nitrogens with one attached hydrogen (secondary N) is 1. The van der Waals surface area contributed by atoms with Crippen LogP contribution in [-0.4, -0.2) is 19.2 Å². The molecule has 1 N–H and O–H groups in total. The van der Waals surface area contributed by atoms with E-state index in [1.807, 2.05) is 13.0 Å². The van der Waals surface area contributed by atoms with E-state index in [4.69, 9.17) is 9.47 Å². The van der Waals surface area contributed by atoms with E-state index in [1.165, 1.54) is 0 Å². The largest absolute Gasteiger partial charge is 0.493 e. The molecule has 0 atom stereocenters. The molecule has 0 aliphatic rings. The van der Waals surface area contributed by atoms with Gasteiger partial charge in [-0.3, -0.25) is 0 Å². The van der Waals surface area contributed by atoms with E-state index < -0.39 is 0 Å². The molecule has 4 heteroatoms. The number of aromatic amines is 1. The summed E-state index contributed by atoms with van der Waals surface area (Å²) in [5.74, 6) is 1.56. The lowest BCUT2D eigenvalue weighted by molar-refractivity contribution is 0.354. The number of benzene rings is 1. The van der Waals surface area contributed by atoms with E-state index in [2.05, 4.69) is 33.6 Å². The SMILES string of the molecule is COc1cc2cc(C)[nH]c2c(I)c1OC. The lowest BCUT2D eigenvalue weighted by Crippen LogP contribution is -1.93. The molecule has 0 spiro atoms. The summed E-state index contributed by atoms with van der Waals surface area (Å²) in [5.41, 5.74) is 2.24. The summed E-state index contributed by atoms with van der Waals surface area (Å²) in [4.78, 5) is 3.31. The zero-order valence-electron chi connectivity index (χ0n) is 8.85. The van der Waals surface area contributed by atoms with Gasteiger partial charge in [-0.25, -0.2) is 0 Å². The fourth-order valence-corrected chi connectivity index (χ4v) is 2.61. The Morgan fingerprint density at radius 3 is 2.53 bits per heavy atom. The van der Waals surface area contributed by atoms with Crippen LogP contribution in [0.1, 0.15) is 5.69 Å². The zero-order valence-corrected chi connectivity index (χ0v) is 11.0. The van der Waals surface area contributed by atoms with Crippen LogP contribution in [0, 0.1) is 10.5 Å². The van der Waals surface area contributed by atoms with Crippen LogP contribution >= 0.6 is 22.6 Å². The summed E-state index contributed by atoms with van der Waals surface area (Å²) in [5, 5.41) is 1.15. The first-order valence-electron chi connectivity index (χ1n) is 4.57. The highest BCUT2D eigenvalue weighted by Gasteiger charge is 2.13. The topological polar surface area (TPSA) is 34.2 Å². The molecule has 0 saturated carbocycles. The lowest BCUT2D eigenvalue weighted by atomic mass is 10.2.